The molecule has 5 heteroatoms. The molecule has 2 atom stereocenters. The van der Waals surface area contributed by atoms with Crippen molar-refractivity contribution in [2.24, 2.45) is 5.73 Å². The first-order chi connectivity index (χ1) is 8.41. The second-order valence-electron chi connectivity index (χ2n) is 4.85. The monoisotopic (exact) mass is 249 g/mol. The molecule has 0 fully saturated rings. The smallest absolute Gasteiger partial charge is 0.248 e. The zero-order valence-electron chi connectivity index (χ0n) is 10.9. The van der Waals surface area contributed by atoms with Crippen molar-refractivity contribution < 1.29 is 9.90 Å². The average molecular weight is 249 g/mol. The first-order valence-electron chi connectivity index (χ1n) is 5.98. The third-order valence-corrected chi connectivity index (χ3v) is 3.29. The number of anilines is 2. The second kappa shape index (κ2) is 4.59. The van der Waals surface area contributed by atoms with Crippen LogP contribution in [-0.2, 0) is 4.79 Å². The van der Waals surface area contributed by atoms with Gasteiger partial charge in [-0.25, -0.2) is 0 Å². The maximum Gasteiger partial charge on any atom is 0.248 e. The second-order valence-corrected chi connectivity index (χ2v) is 4.85. The van der Waals surface area contributed by atoms with Crippen LogP contribution in [0.3, 0.4) is 0 Å². The average Bonchev–Trinajstić information content (AvgIpc) is 2.53. The third kappa shape index (κ3) is 2.07. The van der Waals surface area contributed by atoms with Crippen molar-refractivity contribution in [3.8, 4) is 0 Å². The molecule has 0 radical (unpaired) electrons. The van der Waals surface area contributed by atoms with E-state index in [9.17, 15) is 9.90 Å². The molecule has 0 aromatic heterocycles. The van der Waals surface area contributed by atoms with Crippen LogP contribution in [0.2, 0.25) is 0 Å². The minimum absolute atomic E-state index is 0.0830. The van der Waals surface area contributed by atoms with E-state index in [1.807, 2.05) is 30.1 Å². The molecule has 3 N–H and O–H groups in total. The number of amides is 1. The Hall–Kier alpha value is -1.59. The standard InChI is InChI=1S/C13H19N3O2/c1-8(17)7-15(2)9-4-5-10-11(6-9)16(3)13(18)12(10)14/h4-6,8,12,17H,7,14H2,1-3H3. The molecule has 2 unspecified atom stereocenters. The van der Waals surface area contributed by atoms with E-state index in [0.29, 0.717) is 6.54 Å². The number of carbonyl (C=O) groups is 1. The highest BCUT2D eigenvalue weighted by atomic mass is 16.3. The highest BCUT2D eigenvalue weighted by Crippen LogP contribution is 2.36. The number of hydrogen-bond donors (Lipinski definition) is 2. The summed E-state index contributed by atoms with van der Waals surface area (Å²) in [5.41, 5.74) is 8.51. The van der Waals surface area contributed by atoms with Crippen LogP contribution in [0, 0.1) is 0 Å². The fourth-order valence-electron chi connectivity index (χ4n) is 2.29. The lowest BCUT2D eigenvalue weighted by Crippen LogP contribution is -2.28. The molecule has 1 aromatic rings. The van der Waals surface area contributed by atoms with Crippen LogP contribution in [0.5, 0.6) is 0 Å². The quantitative estimate of drug-likeness (QED) is 0.817. The predicted molar refractivity (Wildman–Crippen MR) is 71.7 cm³/mol. The Labute approximate surface area is 107 Å². The Morgan fingerprint density at radius 2 is 2.22 bits per heavy atom. The number of aliphatic hydroxyl groups excluding tert-OH is 1. The van der Waals surface area contributed by atoms with Crippen molar-refractivity contribution in [2.75, 3.05) is 30.4 Å². The summed E-state index contributed by atoms with van der Waals surface area (Å²) in [4.78, 5) is 15.3. The molecule has 18 heavy (non-hydrogen) atoms. The molecule has 0 saturated heterocycles. The maximum atomic E-state index is 11.8. The highest BCUT2D eigenvalue weighted by molar-refractivity contribution is 6.04. The van der Waals surface area contributed by atoms with E-state index in [4.69, 9.17) is 5.73 Å². The van der Waals surface area contributed by atoms with Gasteiger partial charge in [-0.2, -0.15) is 0 Å². The largest absolute Gasteiger partial charge is 0.392 e. The number of nitrogens with zero attached hydrogens (tertiary/aromatic N) is 2. The van der Waals surface area contributed by atoms with Crippen LogP contribution in [-0.4, -0.2) is 37.8 Å². The molecule has 2 rings (SSSR count). The Kier molecular flexibility index (Phi) is 3.28. The SMILES string of the molecule is CC(O)CN(C)c1ccc2c(c1)N(C)C(=O)C2N. The number of likely N-dealkylation sites (N-methyl/N-ethyl adjacent to an activating group) is 2. The number of fused-ring (bicyclic) bond motifs is 1. The van der Waals surface area contributed by atoms with E-state index < -0.39 is 12.1 Å². The van der Waals surface area contributed by atoms with E-state index in [1.165, 1.54) is 0 Å². The van der Waals surface area contributed by atoms with Gasteiger partial charge in [-0.1, -0.05) is 6.07 Å². The van der Waals surface area contributed by atoms with Gasteiger partial charge in [0.05, 0.1) is 11.8 Å². The van der Waals surface area contributed by atoms with Crippen LogP contribution in [0.15, 0.2) is 18.2 Å². The molecule has 1 heterocycles. The lowest BCUT2D eigenvalue weighted by molar-refractivity contribution is -0.118. The zero-order valence-corrected chi connectivity index (χ0v) is 10.9. The van der Waals surface area contributed by atoms with Crippen molar-refractivity contribution in [3.05, 3.63) is 23.8 Å². The van der Waals surface area contributed by atoms with Crippen molar-refractivity contribution >= 4 is 17.3 Å². The predicted octanol–water partition coefficient (Wildman–Crippen LogP) is 0.480. The van der Waals surface area contributed by atoms with Gasteiger partial charge in [0.1, 0.15) is 6.04 Å². The van der Waals surface area contributed by atoms with Gasteiger partial charge in [0.2, 0.25) is 5.91 Å². The number of hydrogen-bond acceptors (Lipinski definition) is 4. The summed E-state index contributed by atoms with van der Waals surface area (Å²) >= 11 is 0. The molecule has 0 aliphatic carbocycles. The number of aliphatic hydroxyl groups is 1. The summed E-state index contributed by atoms with van der Waals surface area (Å²) in [6.07, 6.45) is -0.398. The zero-order chi connectivity index (χ0) is 13.4. The number of rotatable bonds is 3. The van der Waals surface area contributed by atoms with Crippen LogP contribution in [0.1, 0.15) is 18.5 Å². The van der Waals surface area contributed by atoms with Crippen molar-refractivity contribution in [3.63, 3.8) is 0 Å². The molecule has 0 saturated carbocycles. The Morgan fingerprint density at radius 3 is 2.83 bits per heavy atom. The number of nitrogens with two attached hydrogens (primary N) is 1. The number of carbonyl (C=O) groups excluding carboxylic acids is 1. The molecule has 1 aliphatic rings. The van der Waals surface area contributed by atoms with E-state index in [-0.39, 0.29) is 5.91 Å². The molecule has 98 valence electrons. The summed E-state index contributed by atoms with van der Waals surface area (Å²) in [6, 6.07) is 5.19. The van der Waals surface area contributed by atoms with Crippen LogP contribution >= 0.6 is 0 Å². The molecular weight excluding hydrogens is 230 g/mol. The maximum absolute atomic E-state index is 11.8. The van der Waals surface area contributed by atoms with Gasteiger partial charge in [-0.15, -0.1) is 0 Å². The van der Waals surface area contributed by atoms with Gasteiger partial charge in [-0.05, 0) is 19.1 Å². The molecule has 1 aromatic carbocycles. The van der Waals surface area contributed by atoms with E-state index in [2.05, 4.69) is 0 Å². The van der Waals surface area contributed by atoms with Crippen molar-refractivity contribution in [1.82, 2.24) is 0 Å². The van der Waals surface area contributed by atoms with Crippen LogP contribution in [0.4, 0.5) is 11.4 Å². The Bertz CT molecular complexity index is 473. The Morgan fingerprint density at radius 1 is 1.56 bits per heavy atom. The van der Waals surface area contributed by atoms with E-state index in [1.54, 1.807) is 18.9 Å². The van der Waals surface area contributed by atoms with Gasteiger partial charge in [0.15, 0.2) is 0 Å². The van der Waals surface area contributed by atoms with E-state index in [0.717, 1.165) is 16.9 Å². The lowest BCUT2D eigenvalue weighted by atomic mass is 10.1. The summed E-state index contributed by atoms with van der Waals surface area (Å²) in [6.45, 7) is 2.29. The third-order valence-electron chi connectivity index (χ3n) is 3.29. The first-order valence-corrected chi connectivity index (χ1v) is 5.98. The van der Waals surface area contributed by atoms with Crippen molar-refractivity contribution in [1.29, 1.82) is 0 Å². The van der Waals surface area contributed by atoms with Gasteiger partial charge >= 0.3 is 0 Å². The normalized spacial score (nSPS) is 19.9. The topological polar surface area (TPSA) is 69.8 Å². The Balaban J connectivity index is 2.31. The summed E-state index contributed by atoms with van der Waals surface area (Å²) in [7, 11) is 3.64. The first kappa shape index (κ1) is 12.9. The minimum Gasteiger partial charge on any atom is -0.392 e. The molecule has 5 nitrogen and oxygen atoms in total. The minimum atomic E-state index is -0.555. The molecule has 1 aliphatic heterocycles. The molecule has 0 spiro atoms. The lowest BCUT2D eigenvalue weighted by Gasteiger charge is -2.22. The van der Waals surface area contributed by atoms with Crippen LogP contribution in [0.25, 0.3) is 0 Å². The van der Waals surface area contributed by atoms with E-state index >= 15 is 0 Å². The molecular formula is C13H19N3O2. The highest BCUT2D eigenvalue weighted by Gasteiger charge is 2.32. The summed E-state index contributed by atoms with van der Waals surface area (Å²) < 4.78 is 0. The summed E-state index contributed by atoms with van der Waals surface area (Å²) in [5, 5.41) is 9.39. The molecule has 1 amide bonds. The number of benzene rings is 1. The van der Waals surface area contributed by atoms with Gasteiger partial charge < -0.3 is 20.6 Å². The van der Waals surface area contributed by atoms with Gasteiger partial charge in [0.25, 0.3) is 0 Å². The molecule has 0 bridgehead atoms. The van der Waals surface area contributed by atoms with Crippen molar-refractivity contribution in [2.45, 2.75) is 19.1 Å². The van der Waals surface area contributed by atoms with Gasteiger partial charge in [0, 0.05) is 31.9 Å². The fourth-order valence-corrected chi connectivity index (χ4v) is 2.29. The fraction of sp³-hybridized carbons (Fsp3) is 0.462. The van der Waals surface area contributed by atoms with Gasteiger partial charge in [-0.3, -0.25) is 4.79 Å². The van der Waals surface area contributed by atoms with Crippen LogP contribution < -0.4 is 15.5 Å². The summed E-state index contributed by atoms with van der Waals surface area (Å²) in [5.74, 6) is -0.0830.